The molecule has 0 spiro atoms. The van der Waals surface area contributed by atoms with Crippen LogP contribution < -0.4 is 10.6 Å². The zero-order valence-electron chi connectivity index (χ0n) is 17.6. The van der Waals surface area contributed by atoms with E-state index in [1.165, 1.54) is 28.1 Å². The second-order valence-corrected chi connectivity index (χ2v) is 7.78. The van der Waals surface area contributed by atoms with Crippen molar-refractivity contribution >= 4 is 11.7 Å². The second kappa shape index (κ2) is 7.82. The largest absolute Gasteiger partial charge is 0.368 e. The molecule has 30 heavy (non-hydrogen) atoms. The average molecular weight is 398 g/mol. The van der Waals surface area contributed by atoms with E-state index in [9.17, 15) is 0 Å². The molecule has 5 heteroatoms. The summed E-state index contributed by atoms with van der Waals surface area (Å²) in [5.74, 6) is 2.01. The van der Waals surface area contributed by atoms with Crippen molar-refractivity contribution in [2.75, 3.05) is 26.2 Å². The third-order valence-electron chi connectivity index (χ3n) is 5.93. The van der Waals surface area contributed by atoms with Crippen LogP contribution in [0.2, 0.25) is 0 Å². The van der Waals surface area contributed by atoms with Crippen LogP contribution in [0, 0.1) is 0 Å². The van der Waals surface area contributed by atoms with Gasteiger partial charge >= 0.3 is 0 Å². The molecule has 152 valence electrons. The number of nitrogens with one attached hydrogen (secondary N) is 2. The Morgan fingerprint density at radius 2 is 1.27 bits per heavy atom. The van der Waals surface area contributed by atoms with E-state index in [-0.39, 0.29) is 0 Å². The molecule has 0 atom stereocenters. The van der Waals surface area contributed by atoms with E-state index in [1.807, 2.05) is 0 Å². The minimum atomic E-state index is 0.861. The summed E-state index contributed by atoms with van der Waals surface area (Å²) in [5.41, 5.74) is 8.66. The molecule has 0 saturated heterocycles. The number of hydrogen-bond donors (Lipinski definition) is 2. The highest BCUT2D eigenvalue weighted by molar-refractivity contribution is 6.00. The lowest BCUT2D eigenvalue weighted by molar-refractivity contribution is 0.937. The Morgan fingerprint density at radius 1 is 0.767 bits per heavy atom. The molecule has 3 aromatic rings. The predicted molar refractivity (Wildman–Crippen MR) is 124 cm³/mol. The van der Waals surface area contributed by atoms with Gasteiger partial charge in [-0.25, -0.2) is 0 Å². The molecule has 5 nitrogen and oxygen atoms in total. The molecule has 0 radical (unpaired) electrons. The first kappa shape index (κ1) is 18.7. The first-order valence-corrected chi connectivity index (χ1v) is 10.7. The van der Waals surface area contributed by atoms with Gasteiger partial charge in [-0.15, -0.1) is 0 Å². The third-order valence-corrected chi connectivity index (χ3v) is 5.93. The fraction of sp³-hybridized carbons (Fsp3) is 0.280. The number of aryl methyl sites for hydroxylation is 1. The van der Waals surface area contributed by atoms with Crippen LogP contribution in [0.3, 0.4) is 0 Å². The molecule has 0 fully saturated rings. The highest BCUT2D eigenvalue weighted by Crippen LogP contribution is 2.33. The van der Waals surface area contributed by atoms with Gasteiger partial charge in [-0.3, -0.25) is 9.98 Å². The van der Waals surface area contributed by atoms with Crippen molar-refractivity contribution in [2.24, 2.45) is 17.0 Å². The zero-order valence-corrected chi connectivity index (χ0v) is 17.6. The normalized spacial score (nSPS) is 15.5. The summed E-state index contributed by atoms with van der Waals surface area (Å²) in [6.45, 7) is 5.81. The summed E-state index contributed by atoms with van der Waals surface area (Å²) in [4.78, 5) is 9.05. The molecule has 5 rings (SSSR count). The standard InChI is InChI=1S/C25H27N5/c1-3-17-16-22(18-4-8-20(9-5-18)24-26-12-13-27-24)30(2)23(17)19-6-10-21(11-7-19)25-28-14-15-29-25/h4-11,16H,3,12-15H2,1-2H3,(H,26,27)(H,28,29). The maximum absolute atomic E-state index is 4.53. The van der Waals surface area contributed by atoms with Crippen LogP contribution in [-0.4, -0.2) is 42.4 Å². The highest BCUT2D eigenvalue weighted by atomic mass is 15.1. The summed E-state index contributed by atoms with van der Waals surface area (Å²) < 4.78 is 2.32. The molecular formula is C25H27N5. The molecule has 2 aromatic carbocycles. The molecule has 0 amide bonds. The quantitative estimate of drug-likeness (QED) is 0.691. The minimum absolute atomic E-state index is 0.861. The Hall–Kier alpha value is -3.34. The Morgan fingerprint density at radius 3 is 1.73 bits per heavy atom. The van der Waals surface area contributed by atoms with Crippen molar-refractivity contribution in [1.82, 2.24) is 15.2 Å². The van der Waals surface area contributed by atoms with Gasteiger partial charge < -0.3 is 15.2 Å². The van der Waals surface area contributed by atoms with E-state index in [0.29, 0.717) is 0 Å². The van der Waals surface area contributed by atoms with Gasteiger partial charge in [0.15, 0.2) is 0 Å². The van der Waals surface area contributed by atoms with Crippen molar-refractivity contribution in [3.63, 3.8) is 0 Å². The van der Waals surface area contributed by atoms with E-state index in [2.05, 4.69) is 93.8 Å². The van der Waals surface area contributed by atoms with Crippen molar-refractivity contribution < 1.29 is 0 Å². The number of hydrogen-bond acceptors (Lipinski definition) is 4. The maximum Gasteiger partial charge on any atom is 0.128 e. The highest BCUT2D eigenvalue weighted by Gasteiger charge is 2.16. The number of rotatable bonds is 5. The first-order chi connectivity index (χ1) is 14.7. The predicted octanol–water partition coefficient (Wildman–Crippen LogP) is 3.62. The van der Waals surface area contributed by atoms with Crippen LogP contribution in [0.1, 0.15) is 23.6 Å². The van der Waals surface area contributed by atoms with Crippen molar-refractivity contribution in [1.29, 1.82) is 0 Å². The minimum Gasteiger partial charge on any atom is -0.368 e. The van der Waals surface area contributed by atoms with Crippen LogP contribution in [0.15, 0.2) is 64.6 Å². The van der Waals surface area contributed by atoms with Gasteiger partial charge in [0, 0.05) is 37.0 Å². The van der Waals surface area contributed by atoms with Crippen molar-refractivity contribution in [3.8, 4) is 22.5 Å². The van der Waals surface area contributed by atoms with Gasteiger partial charge in [0.05, 0.1) is 18.8 Å². The van der Waals surface area contributed by atoms with Crippen molar-refractivity contribution in [2.45, 2.75) is 13.3 Å². The van der Waals surface area contributed by atoms with Gasteiger partial charge in [0.2, 0.25) is 0 Å². The van der Waals surface area contributed by atoms with Crippen LogP contribution in [0.25, 0.3) is 22.5 Å². The monoisotopic (exact) mass is 397 g/mol. The summed E-state index contributed by atoms with van der Waals surface area (Å²) in [6.07, 6.45) is 0.998. The topological polar surface area (TPSA) is 53.7 Å². The number of aromatic nitrogens is 1. The fourth-order valence-corrected chi connectivity index (χ4v) is 4.36. The molecule has 2 aliphatic heterocycles. The Labute approximate surface area is 177 Å². The number of amidine groups is 2. The summed E-state index contributed by atoms with van der Waals surface area (Å²) in [6, 6.07) is 19.8. The second-order valence-electron chi connectivity index (χ2n) is 7.78. The molecule has 1 aromatic heterocycles. The van der Waals surface area contributed by atoms with E-state index in [0.717, 1.165) is 55.4 Å². The Balaban J connectivity index is 1.48. The Kier molecular flexibility index (Phi) is 4.87. The van der Waals surface area contributed by atoms with Gasteiger partial charge in [0.1, 0.15) is 11.7 Å². The SMILES string of the molecule is CCc1cc(-c2ccc(C3=NCCN3)cc2)n(C)c1-c1ccc(C2=NCCN2)cc1. The lowest BCUT2D eigenvalue weighted by Crippen LogP contribution is -2.19. The first-order valence-electron chi connectivity index (χ1n) is 10.7. The van der Waals surface area contributed by atoms with Crippen LogP contribution in [-0.2, 0) is 13.5 Å². The van der Waals surface area contributed by atoms with Gasteiger partial charge in [-0.05, 0) is 29.2 Å². The molecule has 0 unspecified atom stereocenters. The molecule has 0 saturated carbocycles. The lowest BCUT2D eigenvalue weighted by atomic mass is 10.0. The van der Waals surface area contributed by atoms with Crippen LogP contribution >= 0.6 is 0 Å². The van der Waals surface area contributed by atoms with E-state index < -0.39 is 0 Å². The molecule has 0 bridgehead atoms. The molecule has 3 heterocycles. The number of aliphatic imine (C=N–C) groups is 2. The molecule has 0 aliphatic carbocycles. The molecular weight excluding hydrogens is 370 g/mol. The number of benzene rings is 2. The summed E-state index contributed by atoms with van der Waals surface area (Å²) in [7, 11) is 2.16. The van der Waals surface area contributed by atoms with E-state index in [4.69, 9.17) is 0 Å². The maximum atomic E-state index is 4.53. The van der Waals surface area contributed by atoms with Gasteiger partial charge in [-0.2, -0.15) is 0 Å². The Bertz CT molecular complexity index is 1120. The van der Waals surface area contributed by atoms with E-state index >= 15 is 0 Å². The zero-order chi connectivity index (χ0) is 20.5. The lowest BCUT2D eigenvalue weighted by Gasteiger charge is -2.11. The molecule has 2 aliphatic rings. The summed E-state index contributed by atoms with van der Waals surface area (Å²) in [5, 5.41) is 6.69. The third kappa shape index (κ3) is 3.30. The number of nitrogens with zero attached hydrogens (tertiary/aromatic N) is 3. The molecule has 2 N–H and O–H groups in total. The van der Waals surface area contributed by atoms with Crippen LogP contribution in [0.5, 0.6) is 0 Å². The fourth-order valence-electron chi connectivity index (χ4n) is 4.36. The average Bonchev–Trinajstić information content (AvgIpc) is 3.55. The van der Waals surface area contributed by atoms with E-state index in [1.54, 1.807) is 0 Å². The van der Waals surface area contributed by atoms with Gasteiger partial charge in [-0.1, -0.05) is 55.5 Å². The van der Waals surface area contributed by atoms with Gasteiger partial charge in [0.25, 0.3) is 0 Å². The smallest absolute Gasteiger partial charge is 0.128 e. The van der Waals surface area contributed by atoms with Crippen molar-refractivity contribution in [3.05, 3.63) is 71.3 Å². The van der Waals surface area contributed by atoms with Crippen LogP contribution in [0.4, 0.5) is 0 Å². The summed E-state index contributed by atoms with van der Waals surface area (Å²) >= 11 is 0.